The Hall–Kier alpha value is -1.88. The molecular weight excluding hydrogens is 316 g/mol. The molecule has 0 saturated heterocycles. The maximum Gasteiger partial charge on any atom is 0.274 e. The summed E-state index contributed by atoms with van der Waals surface area (Å²) in [5.74, 6) is -0.467. The minimum atomic E-state index is -0.560. The van der Waals surface area contributed by atoms with Crippen LogP contribution in [0.3, 0.4) is 0 Å². The summed E-state index contributed by atoms with van der Waals surface area (Å²) >= 11 is 0. The molecule has 0 bridgehead atoms. The van der Waals surface area contributed by atoms with Gasteiger partial charge in [0.15, 0.2) is 0 Å². The number of nitrogens with one attached hydrogen (secondary N) is 1. The van der Waals surface area contributed by atoms with Crippen molar-refractivity contribution >= 4 is 11.8 Å². The van der Waals surface area contributed by atoms with Crippen LogP contribution in [0.25, 0.3) is 0 Å². The van der Waals surface area contributed by atoms with E-state index in [1.54, 1.807) is 29.7 Å². The molecule has 0 atom stereocenters. The summed E-state index contributed by atoms with van der Waals surface area (Å²) in [5, 5.41) is 8.72. The molecule has 5 nitrogen and oxygen atoms in total. The zero-order valence-electron chi connectivity index (χ0n) is 14.7. The van der Waals surface area contributed by atoms with E-state index < -0.39 is 5.91 Å². The SMILES string of the molecule is O=C(NO)c1ccc(C(=O)N(C2CCCCC2)C2CCCCC2)cc1. The number of hydrogen-bond donors (Lipinski definition) is 2. The number of hydroxylamine groups is 1. The van der Waals surface area contributed by atoms with Crippen LogP contribution in [0.5, 0.6) is 0 Å². The second kappa shape index (κ2) is 8.48. The predicted octanol–water partition coefficient (Wildman–Crippen LogP) is 3.91. The molecule has 2 saturated carbocycles. The van der Waals surface area contributed by atoms with E-state index in [0.717, 1.165) is 25.7 Å². The van der Waals surface area contributed by atoms with Gasteiger partial charge in [0.1, 0.15) is 0 Å². The summed E-state index contributed by atoms with van der Waals surface area (Å²) in [7, 11) is 0. The van der Waals surface area contributed by atoms with Gasteiger partial charge >= 0.3 is 0 Å². The molecule has 0 aromatic heterocycles. The maximum atomic E-state index is 13.3. The van der Waals surface area contributed by atoms with Crippen LogP contribution in [0.1, 0.15) is 84.9 Å². The van der Waals surface area contributed by atoms with E-state index in [1.165, 1.54) is 38.5 Å². The first-order valence-corrected chi connectivity index (χ1v) is 9.58. The minimum Gasteiger partial charge on any atom is -0.333 e. The Morgan fingerprint density at radius 2 is 1.24 bits per heavy atom. The smallest absolute Gasteiger partial charge is 0.274 e. The first kappa shape index (κ1) is 17.9. The van der Waals surface area contributed by atoms with Gasteiger partial charge in [0.2, 0.25) is 0 Å². The fourth-order valence-corrected chi connectivity index (χ4v) is 4.33. The van der Waals surface area contributed by atoms with Gasteiger partial charge in [-0.2, -0.15) is 0 Å². The Morgan fingerprint density at radius 3 is 1.68 bits per heavy atom. The molecule has 0 aliphatic heterocycles. The number of benzene rings is 1. The van der Waals surface area contributed by atoms with E-state index in [4.69, 9.17) is 5.21 Å². The third-order valence-corrected chi connectivity index (χ3v) is 5.67. The lowest BCUT2D eigenvalue weighted by atomic mass is 9.88. The summed E-state index contributed by atoms with van der Waals surface area (Å²) in [6.45, 7) is 0. The predicted molar refractivity (Wildman–Crippen MR) is 95.6 cm³/mol. The Labute approximate surface area is 149 Å². The lowest BCUT2D eigenvalue weighted by Gasteiger charge is -2.42. The Bertz CT molecular complexity index is 569. The number of carbonyl (C=O) groups is 2. The van der Waals surface area contributed by atoms with Crippen molar-refractivity contribution in [3.63, 3.8) is 0 Å². The fourth-order valence-electron chi connectivity index (χ4n) is 4.33. The van der Waals surface area contributed by atoms with Crippen molar-refractivity contribution in [3.8, 4) is 0 Å². The van der Waals surface area contributed by atoms with Gasteiger partial charge < -0.3 is 4.90 Å². The number of amides is 2. The largest absolute Gasteiger partial charge is 0.333 e. The van der Waals surface area contributed by atoms with E-state index in [0.29, 0.717) is 23.2 Å². The van der Waals surface area contributed by atoms with Crippen molar-refractivity contribution in [1.29, 1.82) is 0 Å². The molecule has 2 aliphatic carbocycles. The Balaban J connectivity index is 1.81. The van der Waals surface area contributed by atoms with E-state index in [2.05, 4.69) is 4.90 Å². The standard InChI is InChI=1S/C20H28N2O3/c23-19(21-25)15-11-13-16(14-12-15)20(24)22(17-7-3-1-4-8-17)18-9-5-2-6-10-18/h11-14,17-18,25H,1-10H2,(H,21,23). The van der Waals surface area contributed by atoms with Crippen LogP contribution in [0.15, 0.2) is 24.3 Å². The first-order chi connectivity index (χ1) is 12.2. The molecule has 2 amide bonds. The number of rotatable bonds is 4. The van der Waals surface area contributed by atoms with Crippen LogP contribution in [-0.4, -0.2) is 34.0 Å². The Kier molecular flexibility index (Phi) is 6.08. The summed E-state index contributed by atoms with van der Waals surface area (Å²) in [5.41, 5.74) is 2.60. The molecule has 3 rings (SSSR count). The van der Waals surface area contributed by atoms with Crippen LogP contribution >= 0.6 is 0 Å². The van der Waals surface area contributed by atoms with E-state index in [9.17, 15) is 9.59 Å². The molecule has 2 N–H and O–H groups in total. The molecule has 0 radical (unpaired) electrons. The van der Waals surface area contributed by atoms with Crippen molar-refractivity contribution in [2.24, 2.45) is 0 Å². The maximum absolute atomic E-state index is 13.3. The Morgan fingerprint density at radius 1 is 0.800 bits per heavy atom. The molecule has 25 heavy (non-hydrogen) atoms. The van der Waals surface area contributed by atoms with Gasteiger partial charge in [-0.25, -0.2) is 5.48 Å². The van der Waals surface area contributed by atoms with Crippen molar-refractivity contribution in [1.82, 2.24) is 10.4 Å². The normalized spacial score (nSPS) is 19.4. The van der Waals surface area contributed by atoms with Gasteiger partial charge in [0.25, 0.3) is 11.8 Å². The highest BCUT2D eigenvalue weighted by Crippen LogP contribution is 2.31. The van der Waals surface area contributed by atoms with Crippen molar-refractivity contribution in [2.45, 2.75) is 76.3 Å². The highest BCUT2D eigenvalue weighted by molar-refractivity contribution is 5.97. The zero-order chi connectivity index (χ0) is 17.6. The molecule has 2 aliphatic rings. The summed E-state index contributed by atoms with van der Waals surface area (Å²) < 4.78 is 0. The molecule has 1 aromatic carbocycles. The van der Waals surface area contributed by atoms with Gasteiger partial charge in [0, 0.05) is 23.2 Å². The van der Waals surface area contributed by atoms with Gasteiger partial charge in [0.05, 0.1) is 0 Å². The van der Waals surface area contributed by atoms with E-state index in [-0.39, 0.29) is 5.91 Å². The van der Waals surface area contributed by atoms with Gasteiger partial charge in [-0.3, -0.25) is 14.8 Å². The van der Waals surface area contributed by atoms with Crippen LogP contribution in [0.4, 0.5) is 0 Å². The highest BCUT2D eigenvalue weighted by atomic mass is 16.5. The third kappa shape index (κ3) is 4.21. The van der Waals surface area contributed by atoms with Gasteiger partial charge in [-0.15, -0.1) is 0 Å². The molecule has 2 fully saturated rings. The van der Waals surface area contributed by atoms with Crippen LogP contribution < -0.4 is 5.48 Å². The minimum absolute atomic E-state index is 0.0924. The lowest BCUT2D eigenvalue weighted by Crippen LogP contribution is -2.48. The third-order valence-electron chi connectivity index (χ3n) is 5.67. The summed E-state index contributed by atoms with van der Waals surface area (Å²) in [6.07, 6.45) is 11.8. The molecule has 0 unspecified atom stereocenters. The molecule has 5 heteroatoms. The molecule has 0 heterocycles. The van der Waals surface area contributed by atoms with Crippen LogP contribution in [0, 0.1) is 0 Å². The topological polar surface area (TPSA) is 69.6 Å². The number of carbonyl (C=O) groups excluding carboxylic acids is 2. The first-order valence-electron chi connectivity index (χ1n) is 9.58. The van der Waals surface area contributed by atoms with Gasteiger partial charge in [-0.1, -0.05) is 38.5 Å². The quantitative estimate of drug-likeness (QED) is 0.642. The zero-order valence-corrected chi connectivity index (χ0v) is 14.7. The molecule has 0 spiro atoms. The average molecular weight is 344 g/mol. The van der Waals surface area contributed by atoms with Crippen LogP contribution in [-0.2, 0) is 0 Å². The molecular formula is C20H28N2O3. The average Bonchev–Trinajstić information content (AvgIpc) is 2.69. The van der Waals surface area contributed by atoms with E-state index >= 15 is 0 Å². The van der Waals surface area contributed by atoms with Crippen molar-refractivity contribution < 1.29 is 14.8 Å². The molecule has 136 valence electrons. The second-order valence-electron chi connectivity index (χ2n) is 7.31. The van der Waals surface area contributed by atoms with Crippen LogP contribution in [0.2, 0.25) is 0 Å². The van der Waals surface area contributed by atoms with Crippen molar-refractivity contribution in [3.05, 3.63) is 35.4 Å². The summed E-state index contributed by atoms with van der Waals surface area (Å²) in [6, 6.07) is 7.30. The lowest BCUT2D eigenvalue weighted by molar-refractivity contribution is 0.0448. The van der Waals surface area contributed by atoms with Gasteiger partial charge in [-0.05, 0) is 49.9 Å². The summed E-state index contributed by atoms with van der Waals surface area (Å²) in [4.78, 5) is 26.9. The van der Waals surface area contributed by atoms with E-state index in [1.807, 2.05) is 0 Å². The molecule has 1 aromatic rings. The number of hydrogen-bond acceptors (Lipinski definition) is 3. The van der Waals surface area contributed by atoms with Crippen molar-refractivity contribution in [2.75, 3.05) is 0 Å². The second-order valence-corrected chi connectivity index (χ2v) is 7.31. The fraction of sp³-hybridized carbons (Fsp3) is 0.600. The number of nitrogens with zero attached hydrogens (tertiary/aromatic N) is 1. The monoisotopic (exact) mass is 344 g/mol. The highest BCUT2D eigenvalue weighted by Gasteiger charge is 2.32.